The van der Waals surface area contributed by atoms with E-state index in [9.17, 15) is 4.79 Å². The Morgan fingerprint density at radius 3 is 2.30 bits per heavy atom. The molecule has 0 aliphatic carbocycles. The van der Waals surface area contributed by atoms with Gasteiger partial charge < -0.3 is 14.6 Å². The van der Waals surface area contributed by atoms with Gasteiger partial charge in [0.25, 0.3) is 5.91 Å². The molecule has 1 aliphatic heterocycles. The number of nitrogens with zero attached hydrogens (tertiary/aromatic N) is 7. The highest BCUT2D eigenvalue weighted by Crippen LogP contribution is 2.44. The molecule has 15 heteroatoms. The Hall–Kier alpha value is -5.26. The fourth-order valence-electron chi connectivity index (χ4n) is 5.58. The Morgan fingerprint density at radius 2 is 1.60 bits per heavy atom. The average molecular weight is 715 g/mol. The first-order chi connectivity index (χ1) is 24.4. The van der Waals surface area contributed by atoms with Crippen LogP contribution in [0.3, 0.4) is 0 Å². The molecule has 0 spiro atoms. The lowest BCUT2D eigenvalue weighted by Crippen LogP contribution is -2.54. The molecule has 256 valence electrons. The first-order valence-corrected chi connectivity index (χ1v) is 16.4. The summed E-state index contributed by atoms with van der Waals surface area (Å²) in [5, 5.41) is 17.6. The van der Waals surface area contributed by atoms with Crippen molar-refractivity contribution in [3.63, 3.8) is 0 Å². The van der Waals surface area contributed by atoms with E-state index in [2.05, 4.69) is 30.9 Å². The molecule has 5 rings (SSSR count). The molecular formula is C35H33Cl2N9O4. The maximum absolute atomic E-state index is 14.7. The van der Waals surface area contributed by atoms with E-state index in [0.29, 0.717) is 56.6 Å². The third-order valence-corrected chi connectivity index (χ3v) is 8.64. The van der Waals surface area contributed by atoms with Gasteiger partial charge in [-0.3, -0.25) is 10.2 Å². The van der Waals surface area contributed by atoms with E-state index in [1.165, 1.54) is 0 Å². The summed E-state index contributed by atoms with van der Waals surface area (Å²) in [6.07, 6.45) is -0.450. The third-order valence-electron chi connectivity index (χ3n) is 8.05. The zero-order valence-corrected chi connectivity index (χ0v) is 28.3. The minimum Gasteiger partial charge on any atom is -0.494 e. The number of halogens is 2. The first kappa shape index (κ1) is 36.0. The fraction of sp³-hybridized carbons (Fsp3) is 0.257. The van der Waals surface area contributed by atoms with Crippen LogP contribution in [0.4, 0.5) is 0 Å². The van der Waals surface area contributed by atoms with Crippen LogP contribution in [0, 0.1) is 0 Å². The number of benzene rings is 4. The minimum absolute atomic E-state index is 0.0141. The lowest BCUT2D eigenvalue weighted by molar-refractivity contribution is -0.130. The van der Waals surface area contributed by atoms with Crippen molar-refractivity contribution < 1.29 is 19.4 Å². The van der Waals surface area contributed by atoms with Gasteiger partial charge in [0.15, 0.2) is 11.6 Å². The van der Waals surface area contributed by atoms with E-state index < -0.39 is 17.6 Å². The number of hydrazine groups is 1. The van der Waals surface area contributed by atoms with Crippen LogP contribution in [0.1, 0.15) is 45.9 Å². The number of azide groups is 2. The van der Waals surface area contributed by atoms with Crippen LogP contribution >= 0.6 is 23.2 Å². The van der Waals surface area contributed by atoms with Gasteiger partial charge in [-0.15, -0.1) is 0 Å². The predicted molar refractivity (Wildman–Crippen MR) is 190 cm³/mol. The molecule has 0 fully saturated rings. The molecule has 13 nitrogen and oxygen atoms in total. The summed E-state index contributed by atoms with van der Waals surface area (Å²) in [5.41, 5.74) is 26.4. The second kappa shape index (κ2) is 17.4. The number of nitrogens with one attached hydrogen (secondary N) is 2. The van der Waals surface area contributed by atoms with E-state index in [1.54, 1.807) is 42.5 Å². The standard InChI is InChI=1S/C35H33Cl2N9O4/c36-28-13-10-27(31(37)18-28)22-40-44-34(48)35(19-24-6-1-2-7-25(24)20-41-45-38)32(30-9-4-3-8-26(30)21-42-46-39)50-33(43-35)23-11-14-29(15-12-23)49-17-5-16-47/h1-4,6-15,18,32,40,47H,5,16-17,19-22H2,(H,44,48)/t32-,35-/m0/s1. The van der Waals surface area contributed by atoms with Crippen LogP contribution in [0.5, 0.6) is 5.75 Å². The summed E-state index contributed by atoms with van der Waals surface area (Å²) in [6, 6.07) is 26.7. The Morgan fingerprint density at radius 1 is 0.920 bits per heavy atom. The maximum atomic E-state index is 14.7. The van der Waals surface area contributed by atoms with Crippen molar-refractivity contribution in [1.82, 2.24) is 10.9 Å². The zero-order valence-electron chi connectivity index (χ0n) is 26.7. The Kier molecular flexibility index (Phi) is 12.5. The highest BCUT2D eigenvalue weighted by atomic mass is 35.5. The number of amides is 1. The number of rotatable bonds is 16. The van der Waals surface area contributed by atoms with E-state index in [4.69, 9.17) is 53.8 Å². The van der Waals surface area contributed by atoms with E-state index in [0.717, 1.165) is 5.56 Å². The SMILES string of the molecule is [N-]=[N+]=NCc1ccccc1C[C@]1(C(=O)NNCc2ccc(Cl)cc2Cl)N=C(c2ccc(OCCCO)cc2)O[C@H]1c1ccccc1CN=[N+]=[N-]. The van der Waals surface area contributed by atoms with Gasteiger partial charge in [-0.1, -0.05) is 88.0 Å². The normalized spacial score (nSPS) is 16.4. The highest BCUT2D eigenvalue weighted by Gasteiger charge is 2.54. The zero-order chi connectivity index (χ0) is 35.3. The Labute approximate surface area is 298 Å². The molecule has 0 aromatic heterocycles. The molecule has 0 saturated carbocycles. The van der Waals surface area contributed by atoms with Gasteiger partial charge in [-0.2, -0.15) is 0 Å². The Bertz CT molecular complexity index is 1950. The summed E-state index contributed by atoms with van der Waals surface area (Å²) in [7, 11) is 0. The third kappa shape index (κ3) is 8.66. The van der Waals surface area contributed by atoms with Gasteiger partial charge in [0, 0.05) is 51.4 Å². The highest BCUT2D eigenvalue weighted by molar-refractivity contribution is 6.35. The Balaban J connectivity index is 1.61. The minimum atomic E-state index is -1.62. The van der Waals surface area contributed by atoms with Gasteiger partial charge in [0.1, 0.15) is 5.75 Å². The smallest absolute Gasteiger partial charge is 0.266 e. The number of carbonyl (C=O) groups is 1. The maximum Gasteiger partial charge on any atom is 0.266 e. The van der Waals surface area contributed by atoms with Crippen LogP contribution in [0.15, 0.2) is 106 Å². The molecule has 1 heterocycles. The van der Waals surface area contributed by atoms with Crippen LogP contribution < -0.4 is 15.6 Å². The first-order valence-electron chi connectivity index (χ1n) is 15.6. The second-order valence-electron chi connectivity index (χ2n) is 11.3. The topological polar surface area (TPSA) is 190 Å². The molecule has 0 bridgehead atoms. The largest absolute Gasteiger partial charge is 0.494 e. The molecule has 3 N–H and O–H groups in total. The molecule has 0 saturated heterocycles. The van der Waals surface area contributed by atoms with Gasteiger partial charge in [-0.05, 0) is 75.3 Å². The van der Waals surface area contributed by atoms with Crippen molar-refractivity contribution in [3.05, 3.63) is 155 Å². The number of hydrogen-bond acceptors (Lipinski definition) is 8. The number of carbonyl (C=O) groups excluding carboxylic acids is 1. The van der Waals surface area contributed by atoms with E-state index >= 15 is 0 Å². The molecule has 0 unspecified atom stereocenters. The van der Waals surface area contributed by atoms with Crippen LogP contribution in [0.25, 0.3) is 20.9 Å². The molecular weight excluding hydrogens is 681 g/mol. The van der Waals surface area contributed by atoms with E-state index in [-0.39, 0.29) is 38.6 Å². The number of aliphatic hydroxyl groups excluding tert-OH is 1. The lowest BCUT2D eigenvalue weighted by Gasteiger charge is -2.32. The molecule has 1 aliphatic rings. The van der Waals surface area contributed by atoms with Crippen molar-refractivity contribution in [2.24, 2.45) is 15.2 Å². The van der Waals surface area contributed by atoms with Crippen LogP contribution in [-0.4, -0.2) is 35.7 Å². The van der Waals surface area contributed by atoms with Gasteiger partial charge >= 0.3 is 0 Å². The molecule has 2 atom stereocenters. The quantitative estimate of drug-likeness (QED) is 0.0352. The predicted octanol–water partition coefficient (Wildman–Crippen LogP) is 7.70. The lowest BCUT2D eigenvalue weighted by atomic mass is 9.80. The van der Waals surface area contributed by atoms with Crippen molar-refractivity contribution in [2.75, 3.05) is 13.2 Å². The molecule has 0 radical (unpaired) electrons. The number of ether oxygens (including phenoxy) is 2. The molecule has 4 aromatic carbocycles. The summed E-state index contributed by atoms with van der Waals surface area (Å²) < 4.78 is 12.4. The van der Waals surface area contributed by atoms with Crippen LogP contribution in [-0.2, 0) is 35.6 Å². The van der Waals surface area contributed by atoms with E-state index in [1.807, 2.05) is 48.5 Å². The monoisotopic (exact) mass is 713 g/mol. The van der Waals surface area contributed by atoms with Crippen molar-refractivity contribution in [3.8, 4) is 5.75 Å². The summed E-state index contributed by atoms with van der Waals surface area (Å²) in [4.78, 5) is 25.6. The van der Waals surface area contributed by atoms with Gasteiger partial charge in [0.05, 0.1) is 19.7 Å². The average Bonchev–Trinajstić information content (AvgIpc) is 3.52. The number of aliphatic imine (C=N–C) groups is 1. The van der Waals surface area contributed by atoms with Crippen LogP contribution in [0.2, 0.25) is 10.0 Å². The number of aliphatic hydroxyl groups is 1. The van der Waals surface area contributed by atoms with Gasteiger partial charge in [0.2, 0.25) is 5.90 Å². The summed E-state index contributed by atoms with van der Waals surface area (Å²) in [5.74, 6) is 0.292. The van der Waals surface area contributed by atoms with Crippen molar-refractivity contribution in [2.45, 2.75) is 44.1 Å². The van der Waals surface area contributed by atoms with Crippen molar-refractivity contribution in [1.29, 1.82) is 0 Å². The fourth-order valence-corrected chi connectivity index (χ4v) is 6.05. The summed E-state index contributed by atoms with van der Waals surface area (Å²) >= 11 is 12.5. The van der Waals surface area contributed by atoms with Gasteiger partial charge in [-0.25, -0.2) is 10.4 Å². The van der Waals surface area contributed by atoms with Crippen molar-refractivity contribution >= 4 is 35.0 Å². The summed E-state index contributed by atoms with van der Waals surface area (Å²) in [6.45, 7) is 0.622. The molecule has 1 amide bonds. The second-order valence-corrected chi connectivity index (χ2v) is 12.1. The molecule has 50 heavy (non-hydrogen) atoms. The number of hydrogen-bond donors (Lipinski definition) is 3. The molecule has 4 aromatic rings.